The Kier molecular flexibility index (Phi) is 4.48. The molecule has 1 fully saturated rings. The highest BCUT2D eigenvalue weighted by Gasteiger charge is 2.42. The number of carbonyl (C=O) groups is 2. The highest BCUT2D eigenvalue weighted by Crippen LogP contribution is 2.27. The first-order valence-electron chi connectivity index (χ1n) is 6.64. The predicted octanol–water partition coefficient (Wildman–Crippen LogP) is -1.02. The topological polar surface area (TPSA) is 158 Å². The lowest BCUT2D eigenvalue weighted by molar-refractivity contribution is -0.148. The number of nitrogens with two attached hydrogens (primary N) is 1. The van der Waals surface area contributed by atoms with Gasteiger partial charge in [-0.05, 0) is 17.7 Å². The summed E-state index contributed by atoms with van der Waals surface area (Å²) in [4.78, 5) is 24.4. The summed E-state index contributed by atoms with van der Waals surface area (Å²) in [6.07, 6.45) is -0.504. The van der Waals surface area contributed by atoms with Crippen LogP contribution in [-0.2, 0) is 26.0 Å². The van der Waals surface area contributed by atoms with Crippen LogP contribution in [0, 0.1) is 0 Å². The van der Waals surface area contributed by atoms with Crippen molar-refractivity contribution in [2.24, 2.45) is 5.14 Å². The molecule has 0 aromatic heterocycles. The fraction of sp³-hybridized carbons (Fsp3) is 0.385. The Morgan fingerprint density at radius 2 is 2.00 bits per heavy atom. The van der Waals surface area contributed by atoms with E-state index in [0.29, 0.717) is 5.56 Å². The molecule has 1 heterocycles. The van der Waals surface area contributed by atoms with Gasteiger partial charge in [0, 0.05) is 19.4 Å². The first kappa shape index (κ1) is 17.0. The second-order valence-electron chi connectivity index (χ2n) is 5.34. The molecule has 23 heavy (non-hydrogen) atoms. The first-order chi connectivity index (χ1) is 10.6. The van der Waals surface area contributed by atoms with Crippen LogP contribution in [0.15, 0.2) is 18.2 Å². The summed E-state index contributed by atoms with van der Waals surface area (Å²) in [5.74, 6) is -2.69. The van der Waals surface area contributed by atoms with Crippen molar-refractivity contribution >= 4 is 21.9 Å². The molecular weight excluding hydrogens is 328 g/mol. The average molecular weight is 344 g/mol. The molecule has 0 bridgehead atoms. The number of rotatable bonds is 5. The second-order valence-corrected chi connectivity index (χ2v) is 7.19. The van der Waals surface area contributed by atoms with Crippen molar-refractivity contribution in [2.75, 3.05) is 6.54 Å². The third kappa shape index (κ3) is 3.71. The number of sulfonamides is 1. The Bertz CT molecular complexity index is 747. The van der Waals surface area contributed by atoms with Crippen molar-refractivity contribution in [3.8, 4) is 11.5 Å². The molecule has 1 aromatic carbocycles. The summed E-state index contributed by atoms with van der Waals surface area (Å²) in [7, 11) is -3.94. The van der Waals surface area contributed by atoms with E-state index in [-0.39, 0.29) is 25.1 Å². The van der Waals surface area contributed by atoms with Gasteiger partial charge in [-0.1, -0.05) is 6.07 Å². The van der Waals surface area contributed by atoms with Crippen LogP contribution in [0.2, 0.25) is 0 Å². The van der Waals surface area contributed by atoms with Gasteiger partial charge in [-0.3, -0.25) is 4.79 Å². The van der Waals surface area contributed by atoms with Crippen molar-refractivity contribution in [3.63, 3.8) is 0 Å². The van der Waals surface area contributed by atoms with Crippen LogP contribution in [0.4, 0.5) is 0 Å². The molecule has 1 amide bonds. The van der Waals surface area contributed by atoms with Gasteiger partial charge < -0.3 is 20.2 Å². The number of hydrogen-bond acceptors (Lipinski definition) is 6. The van der Waals surface area contributed by atoms with Gasteiger partial charge in [0.15, 0.2) is 11.5 Å². The minimum absolute atomic E-state index is 0.147. The highest BCUT2D eigenvalue weighted by atomic mass is 32.2. The zero-order chi connectivity index (χ0) is 17.4. The summed E-state index contributed by atoms with van der Waals surface area (Å²) < 4.78 is 22.7. The number of nitrogens with zero attached hydrogens (tertiary/aromatic N) is 1. The van der Waals surface area contributed by atoms with Gasteiger partial charge in [0.05, 0.1) is 0 Å². The van der Waals surface area contributed by atoms with Gasteiger partial charge in [0.2, 0.25) is 15.9 Å². The van der Waals surface area contributed by atoms with Gasteiger partial charge in [-0.25, -0.2) is 18.4 Å². The Morgan fingerprint density at radius 1 is 1.35 bits per heavy atom. The minimum Gasteiger partial charge on any atom is -0.504 e. The van der Waals surface area contributed by atoms with E-state index in [4.69, 9.17) is 5.14 Å². The number of aromatic hydroxyl groups is 2. The molecule has 2 atom stereocenters. The van der Waals surface area contributed by atoms with Crippen molar-refractivity contribution in [2.45, 2.75) is 24.1 Å². The van der Waals surface area contributed by atoms with E-state index in [1.807, 2.05) is 0 Å². The molecule has 0 aliphatic carbocycles. The molecule has 5 N–H and O–H groups in total. The van der Waals surface area contributed by atoms with Crippen molar-refractivity contribution in [1.82, 2.24) is 4.90 Å². The number of hydrogen-bond donors (Lipinski definition) is 4. The fourth-order valence-electron chi connectivity index (χ4n) is 2.47. The van der Waals surface area contributed by atoms with Crippen LogP contribution >= 0.6 is 0 Å². The van der Waals surface area contributed by atoms with Crippen LogP contribution in [0.5, 0.6) is 11.5 Å². The Morgan fingerprint density at radius 3 is 2.48 bits per heavy atom. The number of amides is 1. The van der Waals surface area contributed by atoms with Crippen molar-refractivity contribution in [3.05, 3.63) is 23.8 Å². The van der Waals surface area contributed by atoms with Crippen molar-refractivity contribution < 1.29 is 33.3 Å². The maximum Gasteiger partial charge on any atom is 0.326 e. The molecule has 1 aromatic rings. The lowest BCUT2D eigenvalue weighted by Gasteiger charge is -2.24. The van der Waals surface area contributed by atoms with E-state index in [1.165, 1.54) is 18.2 Å². The average Bonchev–Trinajstić information content (AvgIpc) is 2.81. The summed E-state index contributed by atoms with van der Waals surface area (Å²) in [5.41, 5.74) is 0.375. The summed E-state index contributed by atoms with van der Waals surface area (Å²) in [6, 6.07) is 2.49. The Labute approximate surface area is 132 Å². The zero-order valence-corrected chi connectivity index (χ0v) is 12.7. The van der Waals surface area contributed by atoms with Crippen LogP contribution in [0.25, 0.3) is 0 Å². The van der Waals surface area contributed by atoms with Gasteiger partial charge >= 0.3 is 5.97 Å². The molecule has 10 heteroatoms. The predicted molar refractivity (Wildman–Crippen MR) is 78.1 cm³/mol. The van der Waals surface area contributed by atoms with E-state index in [0.717, 1.165) is 4.90 Å². The normalized spacial score (nSPS) is 19.8. The van der Waals surface area contributed by atoms with E-state index in [9.17, 15) is 33.3 Å². The molecule has 0 radical (unpaired) electrons. The van der Waals surface area contributed by atoms with Crippen LogP contribution in [-0.4, -0.2) is 58.4 Å². The smallest absolute Gasteiger partial charge is 0.326 e. The maximum absolute atomic E-state index is 11.9. The summed E-state index contributed by atoms with van der Waals surface area (Å²) in [5, 5.41) is 31.9. The zero-order valence-electron chi connectivity index (χ0n) is 11.9. The minimum atomic E-state index is -3.94. The Hall–Kier alpha value is -2.33. The van der Waals surface area contributed by atoms with Gasteiger partial charge in [0.25, 0.3) is 0 Å². The molecule has 1 aliphatic rings. The number of aliphatic carboxylic acids is 1. The third-order valence-corrected chi connectivity index (χ3v) is 4.96. The Balaban J connectivity index is 2.23. The monoisotopic (exact) mass is 344 g/mol. The quantitative estimate of drug-likeness (QED) is 0.498. The van der Waals surface area contributed by atoms with Crippen LogP contribution in [0.3, 0.4) is 0 Å². The molecule has 2 unspecified atom stereocenters. The van der Waals surface area contributed by atoms with Gasteiger partial charge in [-0.15, -0.1) is 0 Å². The largest absolute Gasteiger partial charge is 0.504 e. The number of carboxylic acid groups (broad SMARTS) is 1. The van der Waals surface area contributed by atoms with Crippen LogP contribution < -0.4 is 5.14 Å². The first-order valence-corrected chi connectivity index (χ1v) is 8.25. The van der Waals surface area contributed by atoms with E-state index in [2.05, 4.69) is 0 Å². The molecule has 126 valence electrons. The number of primary sulfonamides is 1. The maximum atomic E-state index is 11.9. The number of phenolic OH excluding ortho intramolecular Hbond substituents is 2. The number of likely N-dealkylation sites (tertiary alicyclic amines) is 1. The standard InChI is InChI=1S/C13H16N2O7S/c14-23(21,22)8-5-12(18)15(6-8)9(13(19)20)3-7-1-2-10(16)11(17)4-7/h1-2,4,8-9,16-17H,3,5-6H2,(H,19,20)(H2,14,21,22). The van der Waals surface area contributed by atoms with Crippen LogP contribution in [0.1, 0.15) is 12.0 Å². The summed E-state index contributed by atoms with van der Waals surface area (Å²) >= 11 is 0. The number of benzene rings is 1. The lowest BCUT2D eigenvalue weighted by atomic mass is 10.0. The SMILES string of the molecule is NS(=O)(=O)C1CC(=O)N(C(Cc2ccc(O)c(O)c2)C(=O)O)C1. The molecule has 0 spiro atoms. The van der Waals surface area contributed by atoms with E-state index < -0.39 is 38.9 Å². The highest BCUT2D eigenvalue weighted by molar-refractivity contribution is 7.89. The van der Waals surface area contributed by atoms with E-state index >= 15 is 0 Å². The molecule has 1 aliphatic heterocycles. The molecule has 0 saturated carbocycles. The number of carbonyl (C=O) groups excluding carboxylic acids is 1. The molecule has 9 nitrogen and oxygen atoms in total. The number of carboxylic acids is 1. The third-order valence-electron chi connectivity index (χ3n) is 3.72. The van der Waals surface area contributed by atoms with Gasteiger partial charge in [-0.2, -0.15) is 0 Å². The molecule has 2 rings (SSSR count). The number of phenols is 2. The second kappa shape index (κ2) is 6.05. The summed E-state index contributed by atoms with van der Waals surface area (Å²) in [6.45, 7) is -0.293. The van der Waals surface area contributed by atoms with E-state index in [1.54, 1.807) is 0 Å². The van der Waals surface area contributed by atoms with Crippen molar-refractivity contribution in [1.29, 1.82) is 0 Å². The fourth-order valence-corrected chi connectivity index (χ4v) is 3.21. The van der Waals surface area contributed by atoms with Gasteiger partial charge in [0.1, 0.15) is 11.3 Å². The molecular formula is C13H16N2O7S. The lowest BCUT2D eigenvalue weighted by Crippen LogP contribution is -2.44. The molecule has 1 saturated heterocycles.